The van der Waals surface area contributed by atoms with Gasteiger partial charge in [-0.2, -0.15) is 0 Å². The molecule has 1 aromatic heterocycles. The summed E-state index contributed by atoms with van der Waals surface area (Å²) >= 11 is 0. The average Bonchev–Trinajstić information content (AvgIpc) is 2.60. The molecule has 1 heterocycles. The van der Waals surface area contributed by atoms with Crippen molar-refractivity contribution in [2.24, 2.45) is 5.92 Å². The Balaban J connectivity index is 2.08. The van der Waals surface area contributed by atoms with Crippen LogP contribution in [0, 0.1) is 5.92 Å². The number of aromatic amines is 1. The molecule has 0 saturated heterocycles. The molecular formula is C7H8N2O2. The predicted octanol–water partition coefficient (Wildman–Crippen LogP) is 0.598. The summed E-state index contributed by atoms with van der Waals surface area (Å²) < 4.78 is 0. The van der Waals surface area contributed by atoms with Crippen LogP contribution in [0.5, 0.6) is 0 Å². The Labute approximate surface area is 63.3 Å². The molecule has 0 aromatic carbocycles. The van der Waals surface area contributed by atoms with Gasteiger partial charge in [-0.05, 0) is 6.42 Å². The van der Waals surface area contributed by atoms with Gasteiger partial charge in [0.15, 0.2) is 0 Å². The second kappa shape index (κ2) is 2.08. The second-order valence-electron chi connectivity index (χ2n) is 2.79. The van der Waals surface area contributed by atoms with Gasteiger partial charge in [-0.25, -0.2) is 4.98 Å². The van der Waals surface area contributed by atoms with Crippen molar-refractivity contribution in [2.45, 2.75) is 12.3 Å². The van der Waals surface area contributed by atoms with Gasteiger partial charge in [0.1, 0.15) is 0 Å². The van der Waals surface area contributed by atoms with E-state index in [2.05, 4.69) is 9.97 Å². The minimum absolute atomic E-state index is 0.176. The molecular weight excluding hydrogens is 144 g/mol. The quantitative estimate of drug-likeness (QED) is 0.652. The van der Waals surface area contributed by atoms with Gasteiger partial charge in [0.2, 0.25) is 0 Å². The van der Waals surface area contributed by atoms with Gasteiger partial charge in [0.25, 0.3) is 0 Å². The lowest BCUT2D eigenvalue weighted by Crippen LogP contribution is -1.98. The molecule has 2 rings (SSSR count). The fourth-order valence-electron chi connectivity index (χ4n) is 1.28. The Morgan fingerprint density at radius 3 is 3.09 bits per heavy atom. The van der Waals surface area contributed by atoms with Gasteiger partial charge >= 0.3 is 5.97 Å². The highest BCUT2D eigenvalue weighted by molar-refractivity contribution is 5.74. The van der Waals surface area contributed by atoms with E-state index < -0.39 is 5.97 Å². The fourth-order valence-corrected chi connectivity index (χ4v) is 1.28. The molecule has 2 atom stereocenters. The fraction of sp³-hybridized carbons (Fsp3) is 0.429. The number of nitrogens with one attached hydrogen (secondary N) is 1. The Morgan fingerprint density at radius 1 is 1.82 bits per heavy atom. The van der Waals surface area contributed by atoms with Crippen molar-refractivity contribution in [2.75, 3.05) is 0 Å². The summed E-state index contributed by atoms with van der Waals surface area (Å²) in [4.78, 5) is 17.2. The molecule has 0 radical (unpaired) electrons. The minimum atomic E-state index is -0.704. The third-order valence-corrected chi connectivity index (χ3v) is 2.03. The van der Waals surface area contributed by atoms with E-state index in [0.29, 0.717) is 0 Å². The number of carbonyl (C=O) groups is 1. The van der Waals surface area contributed by atoms with Crippen LogP contribution >= 0.6 is 0 Å². The molecule has 0 bridgehead atoms. The zero-order valence-electron chi connectivity index (χ0n) is 5.82. The van der Waals surface area contributed by atoms with E-state index in [0.717, 1.165) is 12.1 Å². The molecule has 1 fully saturated rings. The Hall–Kier alpha value is -1.32. The normalized spacial score (nSPS) is 28.4. The maximum atomic E-state index is 10.4. The second-order valence-corrected chi connectivity index (χ2v) is 2.79. The van der Waals surface area contributed by atoms with Crippen molar-refractivity contribution >= 4 is 5.97 Å². The molecule has 1 aromatic rings. The summed E-state index contributed by atoms with van der Waals surface area (Å²) in [5.74, 6) is -0.713. The Morgan fingerprint density at radius 2 is 2.64 bits per heavy atom. The first kappa shape index (κ1) is 6.39. The van der Waals surface area contributed by atoms with E-state index in [1.54, 1.807) is 12.5 Å². The zero-order valence-corrected chi connectivity index (χ0v) is 5.82. The molecule has 4 heteroatoms. The van der Waals surface area contributed by atoms with E-state index in [9.17, 15) is 4.79 Å². The maximum Gasteiger partial charge on any atom is 0.307 e. The van der Waals surface area contributed by atoms with Crippen LogP contribution in [0.3, 0.4) is 0 Å². The maximum absolute atomic E-state index is 10.4. The van der Waals surface area contributed by atoms with Crippen LogP contribution in [0.25, 0.3) is 0 Å². The number of imidazole rings is 1. The molecule has 0 amide bonds. The summed E-state index contributed by atoms with van der Waals surface area (Å²) in [5, 5.41) is 8.59. The highest BCUT2D eigenvalue weighted by atomic mass is 16.4. The topological polar surface area (TPSA) is 66.0 Å². The minimum Gasteiger partial charge on any atom is -0.481 e. The van der Waals surface area contributed by atoms with Crippen LogP contribution in [0.15, 0.2) is 12.5 Å². The third kappa shape index (κ3) is 1.00. The van der Waals surface area contributed by atoms with E-state index in [1.165, 1.54) is 0 Å². The Kier molecular flexibility index (Phi) is 1.21. The first-order valence-electron chi connectivity index (χ1n) is 3.50. The largest absolute Gasteiger partial charge is 0.481 e. The van der Waals surface area contributed by atoms with Gasteiger partial charge in [-0.15, -0.1) is 0 Å². The van der Waals surface area contributed by atoms with Crippen LogP contribution in [0.1, 0.15) is 18.0 Å². The number of carboxylic acids is 1. The van der Waals surface area contributed by atoms with E-state index >= 15 is 0 Å². The predicted molar refractivity (Wildman–Crippen MR) is 37.1 cm³/mol. The first-order valence-corrected chi connectivity index (χ1v) is 3.50. The highest BCUT2D eigenvalue weighted by Crippen LogP contribution is 2.46. The number of aromatic nitrogens is 2. The smallest absolute Gasteiger partial charge is 0.307 e. The lowest BCUT2D eigenvalue weighted by atomic mass is 10.2. The van der Waals surface area contributed by atoms with Gasteiger partial charge in [0.05, 0.1) is 12.2 Å². The van der Waals surface area contributed by atoms with Crippen LogP contribution < -0.4 is 0 Å². The van der Waals surface area contributed by atoms with Crippen molar-refractivity contribution in [1.29, 1.82) is 0 Å². The molecule has 2 N–H and O–H groups in total. The highest BCUT2D eigenvalue weighted by Gasteiger charge is 2.44. The number of aliphatic carboxylic acids is 1. The first-order chi connectivity index (χ1) is 5.29. The zero-order chi connectivity index (χ0) is 7.84. The van der Waals surface area contributed by atoms with Gasteiger partial charge in [-0.3, -0.25) is 4.79 Å². The van der Waals surface area contributed by atoms with Gasteiger partial charge in [-0.1, -0.05) is 0 Å². The summed E-state index contributed by atoms with van der Waals surface area (Å²) in [7, 11) is 0. The summed E-state index contributed by atoms with van der Waals surface area (Å²) in [6.45, 7) is 0. The van der Waals surface area contributed by atoms with Crippen LogP contribution in [-0.2, 0) is 4.79 Å². The van der Waals surface area contributed by atoms with Gasteiger partial charge in [0, 0.05) is 17.8 Å². The van der Waals surface area contributed by atoms with Gasteiger partial charge < -0.3 is 10.1 Å². The molecule has 0 spiro atoms. The molecule has 0 aliphatic heterocycles. The number of hydrogen-bond acceptors (Lipinski definition) is 2. The standard InChI is InChI=1S/C7H8N2O2/c10-7(11)5-1-4(5)6-2-8-3-9-6/h2-5H,1H2,(H,8,9)(H,10,11)/t4-,5-/m1/s1. The van der Waals surface area contributed by atoms with Crippen molar-refractivity contribution in [3.8, 4) is 0 Å². The average molecular weight is 152 g/mol. The number of H-pyrrole nitrogens is 1. The van der Waals surface area contributed by atoms with Crippen molar-refractivity contribution < 1.29 is 9.90 Å². The van der Waals surface area contributed by atoms with E-state index in [1.807, 2.05) is 0 Å². The molecule has 11 heavy (non-hydrogen) atoms. The molecule has 0 unspecified atom stereocenters. The van der Waals surface area contributed by atoms with E-state index in [-0.39, 0.29) is 11.8 Å². The van der Waals surface area contributed by atoms with Crippen molar-refractivity contribution in [1.82, 2.24) is 9.97 Å². The molecule has 58 valence electrons. The lowest BCUT2D eigenvalue weighted by molar-refractivity contribution is -0.138. The summed E-state index contributed by atoms with van der Waals surface area (Å²) in [5.41, 5.74) is 0.942. The molecule has 4 nitrogen and oxygen atoms in total. The van der Waals surface area contributed by atoms with Crippen molar-refractivity contribution in [3.05, 3.63) is 18.2 Å². The number of nitrogens with zero attached hydrogens (tertiary/aromatic N) is 1. The Bertz CT molecular complexity index is 268. The van der Waals surface area contributed by atoms with Crippen molar-refractivity contribution in [3.63, 3.8) is 0 Å². The van der Waals surface area contributed by atoms with Crippen LogP contribution in [0.2, 0.25) is 0 Å². The monoisotopic (exact) mass is 152 g/mol. The number of carboxylic acid groups (broad SMARTS) is 1. The van der Waals surface area contributed by atoms with Crippen LogP contribution in [-0.4, -0.2) is 21.0 Å². The molecule has 1 aliphatic rings. The SMILES string of the molecule is O=C(O)[C@@H]1C[C@H]1c1cnc[nH]1. The summed E-state index contributed by atoms with van der Waals surface area (Å²) in [6, 6.07) is 0. The van der Waals surface area contributed by atoms with E-state index in [4.69, 9.17) is 5.11 Å². The molecule has 1 aliphatic carbocycles. The van der Waals surface area contributed by atoms with Crippen LogP contribution in [0.4, 0.5) is 0 Å². The summed E-state index contributed by atoms with van der Waals surface area (Å²) in [6.07, 6.45) is 4.01. The number of hydrogen-bond donors (Lipinski definition) is 2. The number of rotatable bonds is 2. The lowest BCUT2D eigenvalue weighted by Gasteiger charge is -1.89. The third-order valence-electron chi connectivity index (χ3n) is 2.03. The molecule has 1 saturated carbocycles.